The highest BCUT2D eigenvalue weighted by Crippen LogP contribution is 2.30. The largest absolute Gasteiger partial charge is 0.475 e. The molecule has 2 heterocycles. The molecule has 2 aliphatic rings. The number of rotatable bonds is 7. The molecule has 1 atom stereocenters. The maximum atomic E-state index is 6.01. The average Bonchev–Trinajstić information content (AvgIpc) is 3.44. The fourth-order valence-corrected chi connectivity index (χ4v) is 3.31. The zero-order valence-electron chi connectivity index (χ0n) is 14.1. The molecule has 1 aromatic heterocycles. The molecule has 0 bridgehead atoms. The zero-order chi connectivity index (χ0) is 16.2. The number of ether oxygens (including phenoxy) is 1. The minimum atomic E-state index is 0.538. The van der Waals surface area contributed by atoms with Gasteiger partial charge in [-0.05, 0) is 69.7 Å². The van der Waals surface area contributed by atoms with E-state index >= 15 is 0 Å². The van der Waals surface area contributed by atoms with Crippen LogP contribution < -0.4 is 15.4 Å². The summed E-state index contributed by atoms with van der Waals surface area (Å²) in [5, 5.41) is 6.94. The van der Waals surface area contributed by atoms with Gasteiger partial charge < -0.3 is 15.4 Å². The van der Waals surface area contributed by atoms with Gasteiger partial charge in [0.25, 0.3) is 5.88 Å². The summed E-state index contributed by atoms with van der Waals surface area (Å²) in [7, 11) is 0. The van der Waals surface area contributed by atoms with E-state index in [4.69, 9.17) is 9.72 Å². The summed E-state index contributed by atoms with van der Waals surface area (Å²) >= 11 is 0. The van der Waals surface area contributed by atoms with E-state index in [1.165, 1.54) is 38.6 Å². The van der Waals surface area contributed by atoms with Gasteiger partial charge in [0.2, 0.25) is 0 Å². The summed E-state index contributed by atoms with van der Waals surface area (Å²) in [6.07, 6.45) is 7.36. The van der Waals surface area contributed by atoms with Gasteiger partial charge in [-0.25, -0.2) is 9.97 Å². The number of fused-ring (bicyclic) bond motifs is 1. The standard InChI is InChI=1S/C19H26N4O/c1-2-8-17-16(7-1)22-18(21-15-9-10-15)19(23-17)24-12-4-6-14-5-3-11-20-13-14/h1-2,7-8,14-15,20H,3-6,9-13H2,(H,21,22)/t14-/m1/s1. The Morgan fingerprint density at radius 3 is 2.71 bits per heavy atom. The highest BCUT2D eigenvalue weighted by molar-refractivity contribution is 5.77. The molecule has 5 heteroatoms. The molecule has 5 nitrogen and oxygen atoms in total. The van der Waals surface area contributed by atoms with Crippen molar-refractivity contribution in [1.82, 2.24) is 15.3 Å². The predicted molar refractivity (Wildman–Crippen MR) is 96.5 cm³/mol. The number of nitrogens with one attached hydrogen (secondary N) is 2. The van der Waals surface area contributed by atoms with Crippen molar-refractivity contribution in [3.05, 3.63) is 24.3 Å². The molecule has 0 radical (unpaired) electrons. The highest BCUT2D eigenvalue weighted by atomic mass is 16.5. The Bertz CT molecular complexity index is 680. The second kappa shape index (κ2) is 7.34. The maximum absolute atomic E-state index is 6.01. The fraction of sp³-hybridized carbons (Fsp3) is 0.579. The predicted octanol–water partition coefficient (Wildman–Crippen LogP) is 3.36. The summed E-state index contributed by atoms with van der Waals surface area (Å²) in [5.41, 5.74) is 1.81. The van der Waals surface area contributed by atoms with Gasteiger partial charge in [0.15, 0.2) is 5.82 Å². The van der Waals surface area contributed by atoms with Crippen molar-refractivity contribution < 1.29 is 4.74 Å². The molecule has 1 saturated carbocycles. The van der Waals surface area contributed by atoms with Gasteiger partial charge in [-0.1, -0.05) is 12.1 Å². The Morgan fingerprint density at radius 1 is 1.12 bits per heavy atom. The number of hydrogen-bond donors (Lipinski definition) is 2. The van der Waals surface area contributed by atoms with Crippen LogP contribution >= 0.6 is 0 Å². The first-order chi connectivity index (χ1) is 11.9. The van der Waals surface area contributed by atoms with E-state index in [1.54, 1.807) is 0 Å². The van der Waals surface area contributed by atoms with Crippen molar-refractivity contribution in [1.29, 1.82) is 0 Å². The quantitative estimate of drug-likeness (QED) is 0.764. The van der Waals surface area contributed by atoms with Crippen LogP contribution in [0.25, 0.3) is 11.0 Å². The molecular weight excluding hydrogens is 300 g/mol. The van der Waals surface area contributed by atoms with Crippen LogP contribution in [0.1, 0.15) is 38.5 Å². The molecule has 128 valence electrons. The monoisotopic (exact) mass is 326 g/mol. The molecule has 1 aliphatic carbocycles. The Balaban J connectivity index is 1.39. The van der Waals surface area contributed by atoms with Gasteiger partial charge in [0.1, 0.15) is 0 Å². The lowest BCUT2D eigenvalue weighted by Crippen LogP contribution is -2.29. The first-order valence-corrected chi connectivity index (χ1v) is 9.25. The van der Waals surface area contributed by atoms with E-state index in [0.29, 0.717) is 18.5 Å². The normalized spacial score (nSPS) is 20.9. The van der Waals surface area contributed by atoms with Gasteiger partial charge in [-0.3, -0.25) is 0 Å². The summed E-state index contributed by atoms with van der Waals surface area (Å²) in [6.45, 7) is 3.04. The molecule has 0 amide bonds. The third-order valence-corrected chi connectivity index (χ3v) is 4.85. The lowest BCUT2D eigenvalue weighted by Gasteiger charge is -2.22. The van der Waals surface area contributed by atoms with E-state index in [1.807, 2.05) is 24.3 Å². The van der Waals surface area contributed by atoms with Gasteiger partial charge in [-0.15, -0.1) is 0 Å². The molecule has 0 spiro atoms. The number of anilines is 1. The Labute approximate surface area is 143 Å². The maximum Gasteiger partial charge on any atom is 0.258 e. The first-order valence-electron chi connectivity index (χ1n) is 9.25. The van der Waals surface area contributed by atoms with E-state index in [-0.39, 0.29) is 0 Å². The van der Waals surface area contributed by atoms with Crippen molar-refractivity contribution in [3.63, 3.8) is 0 Å². The molecular formula is C19H26N4O. The summed E-state index contributed by atoms with van der Waals surface area (Å²) in [5.74, 6) is 2.26. The van der Waals surface area contributed by atoms with E-state index in [2.05, 4.69) is 15.6 Å². The SMILES string of the molecule is c1ccc2nc(OCCC[C@H]3CCCNC3)c(NC3CC3)nc2c1. The van der Waals surface area contributed by atoms with E-state index in [0.717, 1.165) is 35.7 Å². The van der Waals surface area contributed by atoms with Crippen LogP contribution in [-0.4, -0.2) is 35.7 Å². The van der Waals surface area contributed by atoms with E-state index in [9.17, 15) is 0 Å². The molecule has 2 aromatic rings. The minimum absolute atomic E-state index is 0.538. The van der Waals surface area contributed by atoms with Crippen LogP contribution in [-0.2, 0) is 0 Å². The van der Waals surface area contributed by atoms with Crippen molar-refractivity contribution >= 4 is 16.9 Å². The van der Waals surface area contributed by atoms with Crippen LogP contribution in [0.4, 0.5) is 5.82 Å². The Hall–Kier alpha value is -1.88. The third kappa shape index (κ3) is 3.96. The van der Waals surface area contributed by atoms with Gasteiger partial charge >= 0.3 is 0 Å². The minimum Gasteiger partial charge on any atom is -0.475 e. The second-order valence-corrected chi connectivity index (χ2v) is 6.99. The Kier molecular flexibility index (Phi) is 4.78. The molecule has 1 aromatic carbocycles. The van der Waals surface area contributed by atoms with Crippen molar-refractivity contribution in [2.45, 2.75) is 44.6 Å². The fourth-order valence-electron chi connectivity index (χ4n) is 3.31. The van der Waals surface area contributed by atoms with E-state index < -0.39 is 0 Å². The smallest absolute Gasteiger partial charge is 0.258 e. The number of piperidine rings is 1. The molecule has 0 unspecified atom stereocenters. The summed E-state index contributed by atoms with van der Waals surface area (Å²) in [6, 6.07) is 8.52. The molecule has 24 heavy (non-hydrogen) atoms. The van der Waals surface area contributed by atoms with Crippen molar-refractivity contribution in [2.75, 3.05) is 25.0 Å². The van der Waals surface area contributed by atoms with Crippen LogP contribution in [0, 0.1) is 5.92 Å². The highest BCUT2D eigenvalue weighted by Gasteiger charge is 2.24. The van der Waals surface area contributed by atoms with Crippen LogP contribution in [0.2, 0.25) is 0 Å². The molecule has 4 rings (SSSR count). The lowest BCUT2D eigenvalue weighted by molar-refractivity contribution is 0.269. The van der Waals surface area contributed by atoms with Crippen molar-refractivity contribution in [3.8, 4) is 5.88 Å². The topological polar surface area (TPSA) is 59.1 Å². The lowest BCUT2D eigenvalue weighted by atomic mass is 9.95. The zero-order valence-corrected chi connectivity index (χ0v) is 14.1. The summed E-state index contributed by atoms with van der Waals surface area (Å²) in [4.78, 5) is 9.40. The number of para-hydroxylation sites is 2. The van der Waals surface area contributed by atoms with Crippen LogP contribution in [0.5, 0.6) is 5.88 Å². The number of benzene rings is 1. The third-order valence-electron chi connectivity index (χ3n) is 4.85. The molecule has 1 aliphatic heterocycles. The first kappa shape index (κ1) is 15.6. The molecule has 2 N–H and O–H groups in total. The molecule has 2 fully saturated rings. The number of aromatic nitrogens is 2. The van der Waals surface area contributed by atoms with Crippen molar-refractivity contribution in [2.24, 2.45) is 5.92 Å². The second-order valence-electron chi connectivity index (χ2n) is 6.99. The van der Waals surface area contributed by atoms with Crippen LogP contribution in [0.3, 0.4) is 0 Å². The number of nitrogens with zero attached hydrogens (tertiary/aromatic N) is 2. The van der Waals surface area contributed by atoms with Gasteiger partial charge in [-0.2, -0.15) is 0 Å². The average molecular weight is 326 g/mol. The van der Waals surface area contributed by atoms with Crippen LogP contribution in [0.15, 0.2) is 24.3 Å². The summed E-state index contributed by atoms with van der Waals surface area (Å²) < 4.78 is 6.01. The number of hydrogen-bond acceptors (Lipinski definition) is 5. The Morgan fingerprint density at radius 2 is 1.96 bits per heavy atom. The van der Waals surface area contributed by atoms with Gasteiger partial charge in [0.05, 0.1) is 17.6 Å². The molecule has 1 saturated heterocycles. The van der Waals surface area contributed by atoms with Gasteiger partial charge in [0, 0.05) is 6.04 Å².